The molecule has 1 spiro atoms. The number of hydroxylamine groups is 3. The number of nitrogens with zero attached hydrogens (tertiary/aromatic N) is 3. The second-order valence-electron chi connectivity index (χ2n) is 11.9. The standard InChI is InChI=1S/C32H48N4O3/c1-4-5-21-36-32(39-33-31(38-36)24-26-9-7-6-8-10-26)19-22-35(23-20-32)25-27-11-15-29(16-12-27)37-30-17-13-28(14-18-30)34(2)3/h11-18,26,31,33H,4-10,19-25H2,1-3H3/t31-/m0/s1. The number of benzene rings is 2. The van der Waals surface area contributed by atoms with Crippen LogP contribution in [0, 0.1) is 5.92 Å². The number of nitrogens with one attached hydrogen (secondary N) is 1. The first-order chi connectivity index (χ1) is 19.0. The van der Waals surface area contributed by atoms with E-state index in [1.165, 1.54) is 37.7 Å². The molecule has 3 aliphatic rings. The summed E-state index contributed by atoms with van der Waals surface area (Å²) >= 11 is 0. The van der Waals surface area contributed by atoms with Crippen LogP contribution in [0.2, 0.25) is 0 Å². The molecule has 2 aliphatic heterocycles. The number of hydrogen-bond donors (Lipinski definition) is 1. The predicted octanol–water partition coefficient (Wildman–Crippen LogP) is 6.70. The number of unbranched alkanes of at least 4 members (excludes halogenated alkanes) is 1. The van der Waals surface area contributed by atoms with Crippen LogP contribution in [0.5, 0.6) is 11.5 Å². The highest BCUT2D eigenvalue weighted by atomic mass is 16.8. The van der Waals surface area contributed by atoms with Gasteiger partial charge in [0.25, 0.3) is 0 Å². The van der Waals surface area contributed by atoms with Gasteiger partial charge in [0.05, 0.1) is 0 Å². The van der Waals surface area contributed by atoms with E-state index in [2.05, 4.69) is 63.7 Å². The summed E-state index contributed by atoms with van der Waals surface area (Å²) in [5.74, 6) is 2.47. The van der Waals surface area contributed by atoms with Crippen molar-refractivity contribution in [1.29, 1.82) is 0 Å². The van der Waals surface area contributed by atoms with Crippen molar-refractivity contribution < 1.29 is 14.4 Å². The van der Waals surface area contributed by atoms with E-state index < -0.39 is 0 Å². The van der Waals surface area contributed by atoms with E-state index in [1.807, 2.05) is 26.2 Å². The van der Waals surface area contributed by atoms with Gasteiger partial charge in [-0.15, -0.1) is 0 Å². The molecule has 0 aromatic heterocycles. The quantitative estimate of drug-likeness (QED) is 0.362. The van der Waals surface area contributed by atoms with Crippen LogP contribution < -0.4 is 15.1 Å². The molecule has 7 nitrogen and oxygen atoms in total. The molecule has 2 heterocycles. The summed E-state index contributed by atoms with van der Waals surface area (Å²) in [6, 6.07) is 16.7. The zero-order chi connectivity index (χ0) is 27.1. The number of ether oxygens (including phenoxy) is 1. The van der Waals surface area contributed by atoms with E-state index >= 15 is 0 Å². The van der Waals surface area contributed by atoms with Crippen molar-refractivity contribution >= 4 is 5.69 Å². The summed E-state index contributed by atoms with van der Waals surface area (Å²) in [6.45, 7) is 6.07. The van der Waals surface area contributed by atoms with E-state index in [0.717, 1.165) is 81.4 Å². The first kappa shape index (κ1) is 28.4. The summed E-state index contributed by atoms with van der Waals surface area (Å²) in [4.78, 5) is 17.7. The average Bonchev–Trinajstić information content (AvgIpc) is 2.96. The first-order valence-corrected chi connectivity index (χ1v) is 15.2. The van der Waals surface area contributed by atoms with Gasteiger partial charge >= 0.3 is 0 Å². The molecule has 1 N–H and O–H groups in total. The Morgan fingerprint density at radius 1 is 0.949 bits per heavy atom. The van der Waals surface area contributed by atoms with Crippen LogP contribution in [0.3, 0.4) is 0 Å². The maximum Gasteiger partial charge on any atom is 0.167 e. The van der Waals surface area contributed by atoms with Crippen molar-refractivity contribution in [2.45, 2.75) is 89.6 Å². The van der Waals surface area contributed by atoms with E-state index in [1.54, 1.807) is 0 Å². The number of likely N-dealkylation sites (tertiary alicyclic amines) is 1. The molecule has 0 unspecified atom stereocenters. The monoisotopic (exact) mass is 536 g/mol. The Morgan fingerprint density at radius 3 is 2.26 bits per heavy atom. The number of anilines is 1. The highest BCUT2D eigenvalue weighted by molar-refractivity contribution is 5.48. The highest BCUT2D eigenvalue weighted by Gasteiger charge is 2.46. The van der Waals surface area contributed by atoms with Gasteiger partial charge in [-0.1, -0.05) is 57.6 Å². The zero-order valence-corrected chi connectivity index (χ0v) is 24.2. The van der Waals surface area contributed by atoms with Crippen LogP contribution in [0.1, 0.15) is 76.7 Å². The average molecular weight is 537 g/mol. The third-order valence-electron chi connectivity index (χ3n) is 8.63. The lowest BCUT2D eigenvalue weighted by Crippen LogP contribution is -2.65. The van der Waals surface area contributed by atoms with E-state index in [4.69, 9.17) is 14.4 Å². The Balaban J connectivity index is 1.12. The molecule has 5 rings (SSSR count). The highest BCUT2D eigenvalue weighted by Crippen LogP contribution is 2.36. The second-order valence-corrected chi connectivity index (χ2v) is 11.9. The molecule has 39 heavy (non-hydrogen) atoms. The molecule has 2 saturated heterocycles. The molecule has 1 saturated carbocycles. The number of piperidine rings is 1. The molecule has 214 valence electrons. The van der Waals surface area contributed by atoms with Gasteiger partial charge in [0.1, 0.15) is 11.5 Å². The van der Waals surface area contributed by atoms with Crippen molar-refractivity contribution in [3.05, 3.63) is 54.1 Å². The fourth-order valence-electron chi connectivity index (χ4n) is 6.15. The summed E-state index contributed by atoms with van der Waals surface area (Å²) in [6.07, 6.45) is 11.9. The van der Waals surface area contributed by atoms with Gasteiger partial charge in [-0.2, -0.15) is 10.5 Å². The molecule has 0 bridgehead atoms. The minimum absolute atomic E-state index is 0.0275. The summed E-state index contributed by atoms with van der Waals surface area (Å²) in [7, 11) is 4.08. The molecule has 0 radical (unpaired) electrons. The minimum atomic E-state index is -0.367. The van der Waals surface area contributed by atoms with Gasteiger partial charge in [-0.3, -0.25) is 14.6 Å². The Morgan fingerprint density at radius 2 is 1.62 bits per heavy atom. The van der Waals surface area contributed by atoms with Crippen molar-refractivity contribution in [2.75, 3.05) is 38.6 Å². The third kappa shape index (κ3) is 7.53. The molecule has 3 fully saturated rings. The maximum atomic E-state index is 6.58. The predicted molar refractivity (Wildman–Crippen MR) is 156 cm³/mol. The van der Waals surface area contributed by atoms with E-state index in [0.29, 0.717) is 0 Å². The SMILES string of the molecule is CCCCN1O[C@@H](CC2CCCCC2)NOC12CCN(Cc1ccc(Oc3ccc(N(C)C)cc3)cc1)CC2. The topological polar surface area (TPSA) is 49.4 Å². The first-order valence-electron chi connectivity index (χ1n) is 15.2. The molecule has 1 aliphatic carbocycles. The number of hydrogen-bond acceptors (Lipinski definition) is 7. The van der Waals surface area contributed by atoms with Crippen LogP contribution >= 0.6 is 0 Å². The van der Waals surface area contributed by atoms with Gasteiger partial charge in [0, 0.05) is 58.8 Å². The fraction of sp³-hybridized carbons (Fsp3) is 0.625. The molecular formula is C32H48N4O3. The Hall–Kier alpha value is -2.16. The van der Waals surface area contributed by atoms with E-state index in [9.17, 15) is 0 Å². The number of rotatable bonds is 10. The van der Waals surface area contributed by atoms with Gasteiger partial charge in [-0.05, 0) is 60.7 Å². The smallest absolute Gasteiger partial charge is 0.167 e. The molecular weight excluding hydrogens is 488 g/mol. The molecule has 2 aromatic rings. The molecule has 1 atom stereocenters. The van der Waals surface area contributed by atoms with Gasteiger partial charge < -0.3 is 9.64 Å². The van der Waals surface area contributed by atoms with Crippen molar-refractivity contribution in [2.24, 2.45) is 5.92 Å². The van der Waals surface area contributed by atoms with Crippen LogP contribution in [-0.4, -0.2) is 55.6 Å². The Kier molecular flexibility index (Phi) is 9.80. The Labute approximate surface area is 235 Å². The zero-order valence-electron chi connectivity index (χ0n) is 24.2. The molecule has 0 amide bonds. The maximum absolute atomic E-state index is 6.58. The summed E-state index contributed by atoms with van der Waals surface area (Å²) in [5.41, 5.74) is 5.43. The van der Waals surface area contributed by atoms with E-state index in [-0.39, 0.29) is 12.0 Å². The lowest BCUT2D eigenvalue weighted by Gasteiger charge is -2.51. The van der Waals surface area contributed by atoms with Crippen LogP contribution in [0.4, 0.5) is 5.69 Å². The lowest BCUT2D eigenvalue weighted by atomic mass is 9.86. The summed E-state index contributed by atoms with van der Waals surface area (Å²) in [5, 5.41) is 2.20. The van der Waals surface area contributed by atoms with Crippen molar-refractivity contribution in [3.63, 3.8) is 0 Å². The molecule has 7 heteroatoms. The van der Waals surface area contributed by atoms with Gasteiger partial charge in [-0.25, -0.2) is 0 Å². The molecule has 2 aromatic carbocycles. The fourth-order valence-corrected chi connectivity index (χ4v) is 6.15. The van der Waals surface area contributed by atoms with Gasteiger partial charge in [0.15, 0.2) is 12.0 Å². The summed E-state index contributed by atoms with van der Waals surface area (Å²) < 4.78 is 6.06. The normalized spacial score (nSPS) is 22.7. The van der Waals surface area contributed by atoms with Crippen LogP contribution in [0.25, 0.3) is 0 Å². The third-order valence-corrected chi connectivity index (χ3v) is 8.63. The largest absolute Gasteiger partial charge is 0.457 e. The van der Waals surface area contributed by atoms with Crippen molar-refractivity contribution in [3.8, 4) is 11.5 Å². The minimum Gasteiger partial charge on any atom is -0.457 e. The van der Waals surface area contributed by atoms with Crippen LogP contribution in [0.15, 0.2) is 48.5 Å². The van der Waals surface area contributed by atoms with Crippen molar-refractivity contribution in [1.82, 2.24) is 15.4 Å². The van der Waals surface area contributed by atoms with Crippen LogP contribution in [-0.2, 0) is 16.2 Å². The second kappa shape index (κ2) is 13.5. The Bertz CT molecular complexity index is 999. The lowest BCUT2D eigenvalue weighted by molar-refractivity contribution is -0.421. The van der Waals surface area contributed by atoms with Gasteiger partial charge in [0.2, 0.25) is 0 Å².